The fourth-order valence-corrected chi connectivity index (χ4v) is 2.70. The molecule has 0 amide bonds. The van der Waals surface area contributed by atoms with E-state index in [2.05, 4.69) is 41.5 Å². The number of fused-ring (bicyclic) bond motifs is 1. The molecule has 0 fully saturated rings. The van der Waals surface area contributed by atoms with Gasteiger partial charge < -0.3 is 11.1 Å². The van der Waals surface area contributed by atoms with Crippen LogP contribution in [0.4, 0.5) is 0 Å². The molecule has 0 spiro atoms. The highest BCUT2D eigenvalue weighted by atomic mass is 15.1. The number of guanidine groups is 1. The molecule has 2 rings (SSSR count). The fraction of sp³-hybridized carbons (Fsp3) is 0.562. The van der Waals surface area contributed by atoms with Crippen molar-refractivity contribution in [2.75, 3.05) is 13.1 Å². The Kier molecular flexibility index (Phi) is 5.25. The lowest BCUT2D eigenvalue weighted by Crippen LogP contribution is -2.33. The third-order valence-electron chi connectivity index (χ3n) is 3.81. The summed E-state index contributed by atoms with van der Waals surface area (Å²) in [4.78, 5) is 4.50. The van der Waals surface area contributed by atoms with Gasteiger partial charge in [-0.2, -0.15) is 0 Å². The highest BCUT2D eigenvalue weighted by Crippen LogP contribution is 2.31. The van der Waals surface area contributed by atoms with Crippen LogP contribution in [0.5, 0.6) is 0 Å². The first-order valence-corrected chi connectivity index (χ1v) is 7.43. The van der Waals surface area contributed by atoms with Gasteiger partial charge in [-0.05, 0) is 36.8 Å². The predicted molar refractivity (Wildman–Crippen MR) is 81.5 cm³/mol. The van der Waals surface area contributed by atoms with Crippen LogP contribution in [-0.4, -0.2) is 19.0 Å². The maximum atomic E-state index is 5.89. The molecule has 1 aliphatic rings. The number of aryl methyl sites for hydroxylation is 1. The Hall–Kier alpha value is -1.51. The molecule has 0 aliphatic heterocycles. The average molecular weight is 259 g/mol. The average Bonchev–Trinajstić information content (AvgIpc) is 2.45. The van der Waals surface area contributed by atoms with Gasteiger partial charge in [0.05, 0.1) is 0 Å². The molecule has 3 heteroatoms. The molecule has 1 unspecified atom stereocenters. The maximum Gasteiger partial charge on any atom is 0.188 e. The Morgan fingerprint density at radius 2 is 2.26 bits per heavy atom. The summed E-state index contributed by atoms with van der Waals surface area (Å²) in [5.41, 5.74) is 8.85. The monoisotopic (exact) mass is 259 g/mol. The molecule has 0 saturated carbocycles. The summed E-state index contributed by atoms with van der Waals surface area (Å²) in [5, 5.41) is 3.17. The van der Waals surface area contributed by atoms with Gasteiger partial charge in [0.2, 0.25) is 0 Å². The van der Waals surface area contributed by atoms with E-state index in [0.29, 0.717) is 11.9 Å². The van der Waals surface area contributed by atoms with Crippen molar-refractivity contribution in [1.29, 1.82) is 0 Å². The smallest absolute Gasteiger partial charge is 0.188 e. The summed E-state index contributed by atoms with van der Waals surface area (Å²) in [6.45, 7) is 3.91. The molecular weight excluding hydrogens is 234 g/mol. The molecule has 1 aromatic rings. The van der Waals surface area contributed by atoms with E-state index in [1.807, 2.05) is 0 Å². The fourth-order valence-electron chi connectivity index (χ4n) is 2.70. The van der Waals surface area contributed by atoms with Crippen molar-refractivity contribution in [2.24, 2.45) is 10.7 Å². The molecule has 3 nitrogen and oxygen atoms in total. The van der Waals surface area contributed by atoms with Crippen molar-refractivity contribution < 1.29 is 0 Å². The third-order valence-corrected chi connectivity index (χ3v) is 3.81. The van der Waals surface area contributed by atoms with Gasteiger partial charge >= 0.3 is 0 Å². The number of nitrogens with two attached hydrogens (primary N) is 1. The van der Waals surface area contributed by atoms with E-state index in [4.69, 9.17) is 5.73 Å². The Morgan fingerprint density at radius 1 is 1.42 bits per heavy atom. The lowest BCUT2D eigenvalue weighted by Gasteiger charge is -2.24. The summed E-state index contributed by atoms with van der Waals surface area (Å²) < 4.78 is 0. The first kappa shape index (κ1) is 13.9. The zero-order valence-corrected chi connectivity index (χ0v) is 11.9. The predicted octanol–water partition coefficient (Wildman–Crippen LogP) is 2.81. The molecule has 0 radical (unpaired) electrons. The molecule has 1 atom stereocenters. The minimum Gasteiger partial charge on any atom is -0.370 e. The van der Waals surface area contributed by atoms with Crippen LogP contribution in [0.25, 0.3) is 0 Å². The Labute approximate surface area is 116 Å². The standard InChI is InChI=1S/C16H25N3/c1-2-3-11-18-16(17)19-12-14-9-6-8-13-7-4-5-10-15(13)14/h4-5,7,10,14H,2-3,6,8-9,11-12H2,1H3,(H3,17,18,19). The van der Waals surface area contributed by atoms with E-state index in [0.717, 1.165) is 19.5 Å². The van der Waals surface area contributed by atoms with Gasteiger partial charge in [-0.1, -0.05) is 37.6 Å². The molecule has 0 saturated heterocycles. The normalized spacial score (nSPS) is 19.0. The zero-order valence-electron chi connectivity index (χ0n) is 11.9. The molecular formula is C16H25N3. The SMILES string of the molecule is CCCCNC(N)=NCC1CCCc2ccccc21. The number of nitrogens with one attached hydrogen (secondary N) is 1. The van der Waals surface area contributed by atoms with Crippen LogP contribution in [0, 0.1) is 0 Å². The Balaban J connectivity index is 1.91. The van der Waals surface area contributed by atoms with Gasteiger partial charge in [0.25, 0.3) is 0 Å². The minimum absolute atomic E-state index is 0.538. The van der Waals surface area contributed by atoms with Crippen LogP contribution < -0.4 is 11.1 Å². The number of hydrogen-bond acceptors (Lipinski definition) is 1. The second-order valence-corrected chi connectivity index (χ2v) is 5.29. The number of hydrogen-bond donors (Lipinski definition) is 2. The second kappa shape index (κ2) is 7.17. The van der Waals surface area contributed by atoms with Crippen molar-refractivity contribution in [3.05, 3.63) is 35.4 Å². The van der Waals surface area contributed by atoms with Crippen LogP contribution in [0.15, 0.2) is 29.3 Å². The van der Waals surface area contributed by atoms with Crippen LogP contribution in [0.2, 0.25) is 0 Å². The van der Waals surface area contributed by atoms with E-state index in [-0.39, 0.29) is 0 Å². The number of unbranched alkanes of at least 4 members (excludes halogenated alkanes) is 1. The zero-order chi connectivity index (χ0) is 13.5. The van der Waals surface area contributed by atoms with Crippen molar-refractivity contribution >= 4 is 5.96 Å². The minimum atomic E-state index is 0.538. The Morgan fingerprint density at radius 3 is 3.11 bits per heavy atom. The van der Waals surface area contributed by atoms with E-state index in [1.165, 1.54) is 36.8 Å². The van der Waals surface area contributed by atoms with E-state index in [9.17, 15) is 0 Å². The number of benzene rings is 1. The topological polar surface area (TPSA) is 50.4 Å². The van der Waals surface area contributed by atoms with Gasteiger partial charge in [-0.3, -0.25) is 4.99 Å². The third kappa shape index (κ3) is 3.98. The van der Waals surface area contributed by atoms with E-state index in [1.54, 1.807) is 0 Å². The van der Waals surface area contributed by atoms with E-state index >= 15 is 0 Å². The van der Waals surface area contributed by atoms with Gasteiger partial charge in [0, 0.05) is 19.0 Å². The van der Waals surface area contributed by atoms with Crippen molar-refractivity contribution in [3.8, 4) is 0 Å². The number of rotatable bonds is 5. The summed E-state index contributed by atoms with van der Waals surface area (Å²) in [5.74, 6) is 1.13. The van der Waals surface area contributed by atoms with Gasteiger partial charge in [-0.15, -0.1) is 0 Å². The first-order chi connectivity index (χ1) is 9.31. The second-order valence-electron chi connectivity index (χ2n) is 5.29. The summed E-state index contributed by atoms with van der Waals surface area (Å²) >= 11 is 0. The van der Waals surface area contributed by atoms with Crippen molar-refractivity contribution in [1.82, 2.24) is 5.32 Å². The van der Waals surface area contributed by atoms with Crippen molar-refractivity contribution in [3.63, 3.8) is 0 Å². The molecule has 19 heavy (non-hydrogen) atoms. The molecule has 104 valence electrons. The van der Waals surface area contributed by atoms with Crippen LogP contribution in [0.3, 0.4) is 0 Å². The van der Waals surface area contributed by atoms with Gasteiger partial charge in [0.15, 0.2) is 5.96 Å². The Bertz CT molecular complexity index is 426. The largest absolute Gasteiger partial charge is 0.370 e. The molecule has 1 aromatic carbocycles. The van der Waals surface area contributed by atoms with Crippen molar-refractivity contribution in [2.45, 2.75) is 44.9 Å². The summed E-state index contributed by atoms with van der Waals surface area (Å²) in [6.07, 6.45) is 6.02. The van der Waals surface area contributed by atoms with Crippen LogP contribution in [-0.2, 0) is 6.42 Å². The lowest BCUT2D eigenvalue weighted by molar-refractivity contribution is 0.560. The molecule has 0 aromatic heterocycles. The number of aliphatic imine (C=N–C) groups is 1. The number of nitrogens with zero attached hydrogens (tertiary/aromatic N) is 1. The maximum absolute atomic E-state index is 5.89. The molecule has 0 bridgehead atoms. The van der Waals surface area contributed by atoms with E-state index < -0.39 is 0 Å². The summed E-state index contributed by atoms with van der Waals surface area (Å²) in [7, 11) is 0. The molecule has 0 heterocycles. The first-order valence-electron chi connectivity index (χ1n) is 7.43. The lowest BCUT2D eigenvalue weighted by atomic mass is 9.83. The summed E-state index contributed by atoms with van der Waals surface area (Å²) in [6, 6.07) is 8.75. The quantitative estimate of drug-likeness (QED) is 0.485. The van der Waals surface area contributed by atoms with Crippen LogP contribution >= 0.6 is 0 Å². The van der Waals surface area contributed by atoms with Gasteiger partial charge in [-0.25, -0.2) is 0 Å². The van der Waals surface area contributed by atoms with Gasteiger partial charge in [0.1, 0.15) is 0 Å². The highest BCUT2D eigenvalue weighted by molar-refractivity contribution is 5.77. The van der Waals surface area contributed by atoms with Crippen LogP contribution in [0.1, 0.15) is 49.7 Å². The molecule has 3 N–H and O–H groups in total. The molecule has 1 aliphatic carbocycles. The highest BCUT2D eigenvalue weighted by Gasteiger charge is 2.19.